The molecule has 9 nitrogen and oxygen atoms in total. The number of hydrogen-bond acceptors (Lipinski definition) is 5. The normalized spacial score (nSPS) is 11.0. The number of carboxylic acids is 1. The number of pyridine rings is 1. The number of aromatic amines is 1. The molecular formula is C12H15N3O6. The summed E-state index contributed by atoms with van der Waals surface area (Å²) < 4.78 is 0. The van der Waals surface area contributed by atoms with Crippen LogP contribution in [-0.4, -0.2) is 32.4 Å². The van der Waals surface area contributed by atoms with Crippen LogP contribution < -0.4 is 10.9 Å². The van der Waals surface area contributed by atoms with Gasteiger partial charge in [0.1, 0.15) is 5.56 Å². The second kappa shape index (κ2) is 6.16. The number of carboxylic acid groups (broad SMARTS) is 1. The van der Waals surface area contributed by atoms with Crippen molar-refractivity contribution in [1.82, 2.24) is 10.3 Å². The highest BCUT2D eigenvalue weighted by molar-refractivity contribution is 5.94. The van der Waals surface area contributed by atoms with Gasteiger partial charge in [-0.05, 0) is 20.3 Å². The van der Waals surface area contributed by atoms with Crippen LogP contribution in [0.15, 0.2) is 17.1 Å². The van der Waals surface area contributed by atoms with Crippen molar-refractivity contribution in [2.75, 3.05) is 0 Å². The number of amides is 1. The molecule has 0 aromatic carbocycles. The summed E-state index contributed by atoms with van der Waals surface area (Å²) in [5.41, 5.74) is -2.44. The van der Waals surface area contributed by atoms with Gasteiger partial charge in [-0.2, -0.15) is 0 Å². The fraction of sp³-hybridized carbons (Fsp3) is 0.417. The Hall–Kier alpha value is -2.71. The minimum Gasteiger partial charge on any atom is -0.481 e. The van der Waals surface area contributed by atoms with E-state index in [0.29, 0.717) is 0 Å². The number of H-pyrrole nitrogens is 1. The molecule has 21 heavy (non-hydrogen) atoms. The van der Waals surface area contributed by atoms with E-state index in [4.69, 9.17) is 5.11 Å². The Morgan fingerprint density at radius 2 is 2.10 bits per heavy atom. The molecule has 0 aliphatic carbocycles. The first kappa shape index (κ1) is 16.3. The molecule has 0 spiro atoms. The monoisotopic (exact) mass is 297 g/mol. The molecule has 0 atom stereocenters. The highest BCUT2D eigenvalue weighted by Gasteiger charge is 2.24. The Balaban J connectivity index is 2.93. The van der Waals surface area contributed by atoms with Crippen LogP contribution in [0.2, 0.25) is 0 Å². The summed E-state index contributed by atoms with van der Waals surface area (Å²) in [7, 11) is 0. The highest BCUT2D eigenvalue weighted by Crippen LogP contribution is 2.13. The zero-order valence-corrected chi connectivity index (χ0v) is 11.5. The second-order valence-corrected chi connectivity index (χ2v) is 5.09. The number of hydrogen-bond donors (Lipinski definition) is 3. The molecule has 0 aliphatic rings. The lowest BCUT2D eigenvalue weighted by molar-refractivity contribution is -0.385. The molecule has 114 valence electrons. The van der Waals surface area contributed by atoms with Crippen molar-refractivity contribution in [2.24, 2.45) is 0 Å². The molecule has 0 bridgehead atoms. The Kier molecular flexibility index (Phi) is 4.79. The summed E-state index contributed by atoms with van der Waals surface area (Å²) in [5, 5.41) is 21.8. The first-order valence-corrected chi connectivity index (χ1v) is 6.04. The Morgan fingerprint density at radius 1 is 1.48 bits per heavy atom. The first-order chi connectivity index (χ1) is 9.62. The number of carbonyl (C=O) groups excluding carboxylic acids is 1. The molecule has 9 heteroatoms. The van der Waals surface area contributed by atoms with Gasteiger partial charge in [0.15, 0.2) is 0 Å². The van der Waals surface area contributed by atoms with Crippen molar-refractivity contribution in [1.29, 1.82) is 0 Å². The average molecular weight is 297 g/mol. The van der Waals surface area contributed by atoms with Gasteiger partial charge in [0.05, 0.1) is 11.1 Å². The van der Waals surface area contributed by atoms with Crippen molar-refractivity contribution in [3.63, 3.8) is 0 Å². The van der Waals surface area contributed by atoms with Crippen molar-refractivity contribution < 1.29 is 19.6 Å². The average Bonchev–Trinajstić information content (AvgIpc) is 2.36. The number of carbonyl (C=O) groups is 2. The van der Waals surface area contributed by atoms with Gasteiger partial charge in [0.2, 0.25) is 0 Å². The molecule has 0 saturated carbocycles. The number of nitrogens with one attached hydrogen (secondary N) is 2. The third-order valence-corrected chi connectivity index (χ3v) is 2.76. The van der Waals surface area contributed by atoms with Crippen molar-refractivity contribution in [2.45, 2.75) is 32.2 Å². The lowest BCUT2D eigenvalue weighted by Gasteiger charge is -2.25. The predicted octanol–water partition coefficient (Wildman–Crippen LogP) is 0.656. The number of rotatable bonds is 6. The lowest BCUT2D eigenvalue weighted by Crippen LogP contribution is -2.45. The van der Waals surface area contributed by atoms with E-state index in [-0.39, 0.29) is 12.8 Å². The molecule has 0 saturated heterocycles. The van der Waals surface area contributed by atoms with Crippen molar-refractivity contribution >= 4 is 17.6 Å². The molecular weight excluding hydrogens is 282 g/mol. The molecule has 1 heterocycles. The van der Waals surface area contributed by atoms with Gasteiger partial charge in [-0.3, -0.25) is 24.5 Å². The summed E-state index contributed by atoms with van der Waals surface area (Å²) in [4.78, 5) is 46.1. The third kappa shape index (κ3) is 4.71. The van der Waals surface area contributed by atoms with Gasteiger partial charge in [-0.15, -0.1) is 0 Å². The summed E-state index contributed by atoms with van der Waals surface area (Å²) in [6.45, 7) is 3.19. The van der Waals surface area contributed by atoms with Crippen molar-refractivity contribution in [3.05, 3.63) is 38.3 Å². The Labute approximate surface area is 119 Å². The summed E-state index contributed by atoms with van der Waals surface area (Å²) >= 11 is 0. The molecule has 0 aliphatic heterocycles. The van der Waals surface area contributed by atoms with Gasteiger partial charge in [0, 0.05) is 18.0 Å². The summed E-state index contributed by atoms with van der Waals surface area (Å²) in [6.07, 6.45) is 0.897. The number of nitrogens with zero attached hydrogens (tertiary/aromatic N) is 1. The van der Waals surface area contributed by atoms with E-state index >= 15 is 0 Å². The molecule has 3 N–H and O–H groups in total. The SMILES string of the molecule is CC(C)(CCC(=O)O)NC(=O)c1cc([N+](=O)[O-])c[nH]c1=O. The van der Waals surface area contributed by atoms with E-state index in [1.54, 1.807) is 13.8 Å². The number of aromatic nitrogens is 1. The van der Waals surface area contributed by atoms with Gasteiger partial charge in [0.25, 0.3) is 17.2 Å². The predicted molar refractivity (Wildman–Crippen MR) is 72.1 cm³/mol. The molecule has 1 aromatic heterocycles. The van der Waals surface area contributed by atoms with Crippen LogP contribution in [0.25, 0.3) is 0 Å². The lowest BCUT2D eigenvalue weighted by atomic mass is 9.98. The van der Waals surface area contributed by atoms with E-state index < -0.39 is 39.1 Å². The zero-order valence-electron chi connectivity index (χ0n) is 11.5. The quantitative estimate of drug-likeness (QED) is 0.520. The summed E-state index contributed by atoms with van der Waals surface area (Å²) in [6, 6.07) is 0.876. The summed E-state index contributed by atoms with van der Waals surface area (Å²) in [5.74, 6) is -1.80. The van der Waals surface area contributed by atoms with Gasteiger partial charge >= 0.3 is 5.97 Å². The Morgan fingerprint density at radius 3 is 2.62 bits per heavy atom. The maximum atomic E-state index is 12.0. The van der Waals surface area contributed by atoms with E-state index in [1.807, 2.05) is 0 Å². The van der Waals surface area contributed by atoms with Crippen LogP contribution in [0.4, 0.5) is 5.69 Å². The molecule has 1 amide bonds. The van der Waals surface area contributed by atoms with Crippen LogP contribution in [0, 0.1) is 10.1 Å². The number of nitro groups is 1. The smallest absolute Gasteiger partial charge is 0.303 e. The fourth-order valence-electron chi connectivity index (χ4n) is 1.60. The molecule has 0 radical (unpaired) electrons. The van der Waals surface area contributed by atoms with Crippen LogP contribution >= 0.6 is 0 Å². The standard InChI is InChI=1S/C12H15N3O6/c1-12(2,4-3-9(16)17)14-11(19)8-5-7(15(20)21)6-13-10(8)18/h5-6H,3-4H2,1-2H3,(H,13,18)(H,14,19)(H,16,17). The zero-order chi connectivity index (χ0) is 16.2. The number of aliphatic carboxylic acids is 1. The third-order valence-electron chi connectivity index (χ3n) is 2.76. The van der Waals surface area contributed by atoms with Crippen LogP contribution in [0.1, 0.15) is 37.0 Å². The fourth-order valence-corrected chi connectivity index (χ4v) is 1.60. The second-order valence-electron chi connectivity index (χ2n) is 5.09. The van der Waals surface area contributed by atoms with Crippen LogP contribution in [0.5, 0.6) is 0 Å². The topological polar surface area (TPSA) is 142 Å². The molecule has 1 aromatic rings. The van der Waals surface area contributed by atoms with Gasteiger partial charge in [-0.25, -0.2) is 0 Å². The van der Waals surface area contributed by atoms with E-state index in [1.165, 1.54) is 0 Å². The van der Waals surface area contributed by atoms with Crippen molar-refractivity contribution in [3.8, 4) is 0 Å². The largest absolute Gasteiger partial charge is 0.481 e. The Bertz CT molecular complexity index is 634. The van der Waals surface area contributed by atoms with Gasteiger partial charge < -0.3 is 15.4 Å². The van der Waals surface area contributed by atoms with Crippen LogP contribution in [-0.2, 0) is 4.79 Å². The van der Waals surface area contributed by atoms with E-state index in [2.05, 4.69) is 10.3 Å². The van der Waals surface area contributed by atoms with E-state index in [9.17, 15) is 24.5 Å². The van der Waals surface area contributed by atoms with Crippen LogP contribution in [0.3, 0.4) is 0 Å². The molecule has 0 unspecified atom stereocenters. The molecule has 0 fully saturated rings. The first-order valence-electron chi connectivity index (χ1n) is 6.04. The van der Waals surface area contributed by atoms with Gasteiger partial charge in [-0.1, -0.05) is 0 Å². The van der Waals surface area contributed by atoms with E-state index in [0.717, 1.165) is 12.3 Å². The minimum absolute atomic E-state index is 0.154. The maximum Gasteiger partial charge on any atom is 0.303 e. The minimum atomic E-state index is -1.01. The highest BCUT2D eigenvalue weighted by atomic mass is 16.6. The maximum absolute atomic E-state index is 12.0. The molecule has 1 rings (SSSR count).